The molecule has 0 saturated carbocycles. The Morgan fingerprint density at radius 1 is 1.10 bits per heavy atom. The molecular formula is C22H33NO7. The standard InChI is InChI=1S/C22H33NO7/c1-13(2)12-14-18(20(24)28-8)29-19(23(14)21(25)30-22(3,4)5)17-15(26-6)10-9-11-16(17)27-7/h9-11,13-14,18-19H,12H2,1-8H3/t14-,18+,19?/m0/s1. The molecule has 1 saturated heterocycles. The van der Waals surface area contributed by atoms with Crippen molar-refractivity contribution in [3.63, 3.8) is 0 Å². The van der Waals surface area contributed by atoms with E-state index in [0.717, 1.165) is 0 Å². The summed E-state index contributed by atoms with van der Waals surface area (Å²) in [4.78, 5) is 27.3. The predicted molar refractivity (Wildman–Crippen MR) is 110 cm³/mol. The Kier molecular flexibility index (Phi) is 7.58. The minimum Gasteiger partial charge on any atom is -0.496 e. The van der Waals surface area contributed by atoms with Gasteiger partial charge >= 0.3 is 12.1 Å². The fourth-order valence-electron chi connectivity index (χ4n) is 3.54. The topological polar surface area (TPSA) is 83.5 Å². The number of rotatable bonds is 6. The second kappa shape index (κ2) is 9.55. The first kappa shape index (κ1) is 23.8. The smallest absolute Gasteiger partial charge is 0.413 e. The average Bonchev–Trinajstić information content (AvgIpc) is 3.03. The zero-order valence-corrected chi connectivity index (χ0v) is 19.1. The number of nitrogens with zero attached hydrogens (tertiary/aromatic N) is 1. The summed E-state index contributed by atoms with van der Waals surface area (Å²) >= 11 is 0. The van der Waals surface area contributed by atoms with E-state index in [0.29, 0.717) is 23.5 Å². The summed E-state index contributed by atoms with van der Waals surface area (Å²) in [5, 5.41) is 0. The van der Waals surface area contributed by atoms with Crippen LogP contribution in [0.25, 0.3) is 0 Å². The Morgan fingerprint density at radius 2 is 1.67 bits per heavy atom. The van der Waals surface area contributed by atoms with Gasteiger partial charge in [-0.1, -0.05) is 19.9 Å². The molecule has 168 valence electrons. The van der Waals surface area contributed by atoms with Crippen LogP contribution in [0.4, 0.5) is 4.79 Å². The van der Waals surface area contributed by atoms with Gasteiger partial charge in [0.05, 0.1) is 32.9 Å². The van der Waals surface area contributed by atoms with Gasteiger partial charge in [0, 0.05) is 0 Å². The maximum absolute atomic E-state index is 13.3. The normalized spacial score (nSPS) is 21.5. The van der Waals surface area contributed by atoms with Crippen molar-refractivity contribution in [3.05, 3.63) is 23.8 Å². The molecule has 1 unspecified atom stereocenters. The van der Waals surface area contributed by atoms with Gasteiger partial charge in [0.2, 0.25) is 0 Å². The van der Waals surface area contributed by atoms with Gasteiger partial charge in [0.1, 0.15) is 17.1 Å². The number of hydrogen-bond donors (Lipinski definition) is 0. The molecule has 3 atom stereocenters. The molecule has 2 rings (SSSR count). The lowest BCUT2D eigenvalue weighted by molar-refractivity contribution is -0.154. The van der Waals surface area contributed by atoms with Crippen molar-refractivity contribution in [2.45, 2.75) is 65.0 Å². The summed E-state index contributed by atoms with van der Waals surface area (Å²) in [6, 6.07) is 4.69. The van der Waals surface area contributed by atoms with Gasteiger partial charge in [-0.25, -0.2) is 9.59 Å². The van der Waals surface area contributed by atoms with E-state index in [9.17, 15) is 9.59 Å². The molecule has 0 aliphatic carbocycles. The van der Waals surface area contributed by atoms with Gasteiger partial charge in [-0.15, -0.1) is 0 Å². The Balaban J connectivity index is 2.64. The molecule has 0 spiro atoms. The largest absolute Gasteiger partial charge is 0.496 e. The van der Waals surface area contributed by atoms with Crippen LogP contribution in [0.5, 0.6) is 11.5 Å². The van der Waals surface area contributed by atoms with E-state index in [1.165, 1.54) is 26.2 Å². The van der Waals surface area contributed by atoms with Crippen LogP contribution in [0.1, 0.15) is 52.8 Å². The van der Waals surface area contributed by atoms with E-state index in [4.69, 9.17) is 23.7 Å². The number of carbonyl (C=O) groups is 2. The number of amides is 1. The van der Waals surface area contributed by atoms with Crippen LogP contribution in [-0.2, 0) is 19.0 Å². The number of methoxy groups -OCH3 is 3. The molecule has 1 aliphatic heterocycles. The molecule has 1 aliphatic rings. The summed E-state index contributed by atoms with van der Waals surface area (Å²) < 4.78 is 27.8. The van der Waals surface area contributed by atoms with Crippen molar-refractivity contribution in [1.82, 2.24) is 4.90 Å². The Labute approximate surface area is 178 Å². The van der Waals surface area contributed by atoms with Crippen LogP contribution in [-0.4, -0.2) is 56.0 Å². The monoisotopic (exact) mass is 423 g/mol. The van der Waals surface area contributed by atoms with Crippen LogP contribution in [0, 0.1) is 5.92 Å². The van der Waals surface area contributed by atoms with Crippen LogP contribution >= 0.6 is 0 Å². The lowest BCUT2D eigenvalue weighted by Gasteiger charge is -2.32. The Bertz CT molecular complexity index is 734. The van der Waals surface area contributed by atoms with Crippen molar-refractivity contribution in [1.29, 1.82) is 0 Å². The van der Waals surface area contributed by atoms with Crippen molar-refractivity contribution in [2.24, 2.45) is 5.92 Å². The minimum atomic E-state index is -0.968. The first-order chi connectivity index (χ1) is 14.0. The zero-order chi connectivity index (χ0) is 22.6. The number of esters is 1. The predicted octanol–water partition coefficient (Wildman–Crippen LogP) is 3.93. The second-order valence-electron chi connectivity index (χ2n) is 8.59. The van der Waals surface area contributed by atoms with E-state index < -0.39 is 36.0 Å². The van der Waals surface area contributed by atoms with Crippen LogP contribution in [0.15, 0.2) is 18.2 Å². The third-order valence-corrected chi connectivity index (χ3v) is 4.70. The van der Waals surface area contributed by atoms with E-state index in [1.54, 1.807) is 39.0 Å². The van der Waals surface area contributed by atoms with Gasteiger partial charge in [-0.05, 0) is 45.2 Å². The summed E-state index contributed by atoms with van der Waals surface area (Å²) in [7, 11) is 4.34. The van der Waals surface area contributed by atoms with Crippen molar-refractivity contribution < 1.29 is 33.3 Å². The van der Waals surface area contributed by atoms with Crippen molar-refractivity contribution >= 4 is 12.1 Å². The molecule has 0 N–H and O–H groups in total. The zero-order valence-electron chi connectivity index (χ0n) is 19.1. The Hall–Kier alpha value is -2.48. The first-order valence-corrected chi connectivity index (χ1v) is 9.99. The number of ether oxygens (including phenoxy) is 5. The molecule has 1 aromatic carbocycles. The lowest BCUT2D eigenvalue weighted by atomic mass is 9.98. The highest BCUT2D eigenvalue weighted by molar-refractivity contribution is 5.79. The summed E-state index contributed by atoms with van der Waals surface area (Å²) in [5.74, 6) is 0.586. The molecule has 1 heterocycles. The summed E-state index contributed by atoms with van der Waals surface area (Å²) in [6.07, 6.45) is -1.98. The van der Waals surface area contributed by atoms with Gasteiger partial charge in [0.25, 0.3) is 0 Å². The molecule has 1 aromatic rings. The quantitative estimate of drug-likeness (QED) is 0.641. The molecular weight excluding hydrogens is 390 g/mol. The molecule has 8 heteroatoms. The second-order valence-corrected chi connectivity index (χ2v) is 8.59. The maximum atomic E-state index is 13.3. The molecule has 0 bridgehead atoms. The molecule has 0 aromatic heterocycles. The van der Waals surface area contributed by atoms with E-state index >= 15 is 0 Å². The molecule has 8 nitrogen and oxygen atoms in total. The van der Waals surface area contributed by atoms with E-state index in [-0.39, 0.29) is 5.92 Å². The maximum Gasteiger partial charge on any atom is 0.413 e. The van der Waals surface area contributed by atoms with Crippen molar-refractivity contribution in [2.75, 3.05) is 21.3 Å². The SMILES string of the molecule is COC(=O)[C@@H]1OC(c2c(OC)cccc2OC)N(C(=O)OC(C)(C)C)[C@H]1CC(C)C. The minimum absolute atomic E-state index is 0.189. The van der Waals surface area contributed by atoms with Crippen molar-refractivity contribution in [3.8, 4) is 11.5 Å². The third kappa shape index (κ3) is 5.16. The van der Waals surface area contributed by atoms with E-state index in [2.05, 4.69) is 0 Å². The third-order valence-electron chi connectivity index (χ3n) is 4.70. The van der Waals surface area contributed by atoms with E-state index in [1.807, 2.05) is 13.8 Å². The fourth-order valence-corrected chi connectivity index (χ4v) is 3.54. The molecule has 30 heavy (non-hydrogen) atoms. The lowest BCUT2D eigenvalue weighted by Crippen LogP contribution is -2.46. The van der Waals surface area contributed by atoms with Crippen LogP contribution < -0.4 is 9.47 Å². The highest BCUT2D eigenvalue weighted by atomic mass is 16.6. The summed E-state index contributed by atoms with van der Waals surface area (Å²) in [5.41, 5.74) is -0.216. The highest BCUT2D eigenvalue weighted by Gasteiger charge is 2.52. The molecule has 0 radical (unpaired) electrons. The van der Waals surface area contributed by atoms with Gasteiger partial charge < -0.3 is 23.7 Å². The first-order valence-electron chi connectivity index (χ1n) is 9.99. The van der Waals surface area contributed by atoms with Crippen LogP contribution in [0.3, 0.4) is 0 Å². The fraction of sp³-hybridized carbons (Fsp3) is 0.636. The van der Waals surface area contributed by atoms with Crippen LogP contribution in [0.2, 0.25) is 0 Å². The highest BCUT2D eigenvalue weighted by Crippen LogP contribution is 2.45. The number of benzene rings is 1. The molecule has 1 fully saturated rings. The average molecular weight is 424 g/mol. The Morgan fingerprint density at radius 3 is 2.10 bits per heavy atom. The van der Waals surface area contributed by atoms with Gasteiger partial charge in [0.15, 0.2) is 12.3 Å². The van der Waals surface area contributed by atoms with Gasteiger partial charge in [-0.3, -0.25) is 4.90 Å². The summed E-state index contributed by atoms with van der Waals surface area (Å²) in [6.45, 7) is 9.39. The van der Waals surface area contributed by atoms with Gasteiger partial charge in [-0.2, -0.15) is 0 Å². The molecule has 1 amide bonds. The number of hydrogen-bond acceptors (Lipinski definition) is 7. The number of carbonyl (C=O) groups excluding carboxylic acids is 2.